The van der Waals surface area contributed by atoms with Gasteiger partial charge >= 0.3 is 6.36 Å². The number of fused-ring (bicyclic) bond motifs is 1. The summed E-state index contributed by atoms with van der Waals surface area (Å²) in [4.78, 5) is 12.8. The first-order valence-corrected chi connectivity index (χ1v) is 8.37. The highest BCUT2D eigenvalue weighted by molar-refractivity contribution is 5.83. The SMILES string of the molecule is O=c1c2cc(-c3ccc(OC(F)(F)F)cc3)ccc2nnn1C1CCNC1. The monoisotopic (exact) mass is 376 g/mol. The standard InChI is InChI=1S/C18H15F3N4O2/c19-18(20,21)27-14-4-1-11(2-5-14)12-3-6-16-15(9-12)17(26)25(24-23-16)13-7-8-22-10-13/h1-6,9,13,22H,7-8,10H2. The van der Waals surface area contributed by atoms with E-state index in [0.717, 1.165) is 13.0 Å². The van der Waals surface area contributed by atoms with Crippen LogP contribution in [0.15, 0.2) is 47.3 Å². The number of nitrogens with zero attached hydrogens (tertiary/aromatic N) is 3. The van der Waals surface area contributed by atoms with Gasteiger partial charge in [-0.1, -0.05) is 23.4 Å². The zero-order valence-corrected chi connectivity index (χ0v) is 14.0. The van der Waals surface area contributed by atoms with Crippen LogP contribution in [0.2, 0.25) is 0 Å². The number of hydrogen-bond donors (Lipinski definition) is 1. The van der Waals surface area contributed by atoms with E-state index >= 15 is 0 Å². The molecule has 2 aromatic carbocycles. The molecule has 1 aliphatic heterocycles. The molecule has 0 aliphatic carbocycles. The van der Waals surface area contributed by atoms with E-state index in [2.05, 4.69) is 20.4 Å². The Labute approximate surface area is 151 Å². The van der Waals surface area contributed by atoms with Crippen molar-refractivity contribution in [3.8, 4) is 16.9 Å². The minimum Gasteiger partial charge on any atom is -0.406 e. The van der Waals surface area contributed by atoms with E-state index in [-0.39, 0.29) is 17.4 Å². The van der Waals surface area contributed by atoms with Crippen LogP contribution in [0.3, 0.4) is 0 Å². The molecule has 0 bridgehead atoms. The largest absolute Gasteiger partial charge is 0.573 e. The highest BCUT2D eigenvalue weighted by Crippen LogP contribution is 2.27. The molecule has 1 aromatic heterocycles. The molecule has 6 nitrogen and oxygen atoms in total. The van der Waals surface area contributed by atoms with Crippen LogP contribution in [0.5, 0.6) is 5.75 Å². The van der Waals surface area contributed by atoms with Gasteiger partial charge in [-0.25, -0.2) is 4.68 Å². The van der Waals surface area contributed by atoms with Gasteiger partial charge in [0.05, 0.1) is 11.4 Å². The second-order valence-corrected chi connectivity index (χ2v) is 6.29. The minimum absolute atomic E-state index is 0.0307. The van der Waals surface area contributed by atoms with Crippen molar-refractivity contribution in [1.82, 2.24) is 20.3 Å². The van der Waals surface area contributed by atoms with Crippen molar-refractivity contribution in [2.45, 2.75) is 18.8 Å². The fourth-order valence-corrected chi connectivity index (χ4v) is 3.17. The second kappa shape index (κ2) is 6.66. The first kappa shape index (κ1) is 17.5. The maximum absolute atomic E-state index is 12.8. The first-order valence-electron chi connectivity index (χ1n) is 8.37. The highest BCUT2D eigenvalue weighted by Gasteiger charge is 2.31. The molecule has 1 atom stereocenters. The van der Waals surface area contributed by atoms with Gasteiger partial charge in [0.25, 0.3) is 5.56 Å². The van der Waals surface area contributed by atoms with Crippen LogP contribution in [0.1, 0.15) is 12.5 Å². The Hall–Kier alpha value is -2.94. The summed E-state index contributed by atoms with van der Waals surface area (Å²) in [7, 11) is 0. The predicted molar refractivity (Wildman–Crippen MR) is 92.4 cm³/mol. The van der Waals surface area contributed by atoms with Gasteiger partial charge in [0.15, 0.2) is 0 Å². The van der Waals surface area contributed by atoms with E-state index in [1.54, 1.807) is 18.2 Å². The van der Waals surface area contributed by atoms with E-state index in [4.69, 9.17) is 0 Å². The quantitative estimate of drug-likeness (QED) is 0.761. The van der Waals surface area contributed by atoms with Crippen molar-refractivity contribution in [2.24, 2.45) is 0 Å². The summed E-state index contributed by atoms with van der Waals surface area (Å²) in [6.07, 6.45) is -3.93. The zero-order chi connectivity index (χ0) is 19.0. The van der Waals surface area contributed by atoms with Gasteiger partial charge in [-0.05, 0) is 48.4 Å². The summed E-state index contributed by atoms with van der Waals surface area (Å²) < 4.78 is 42.1. The van der Waals surface area contributed by atoms with Gasteiger partial charge in [0, 0.05) is 6.54 Å². The Morgan fingerprint density at radius 1 is 1.11 bits per heavy atom. The topological polar surface area (TPSA) is 69.0 Å². The summed E-state index contributed by atoms with van der Waals surface area (Å²) in [6, 6.07) is 10.6. The van der Waals surface area contributed by atoms with E-state index in [9.17, 15) is 18.0 Å². The normalized spacial score (nSPS) is 17.4. The molecule has 0 amide bonds. The van der Waals surface area contributed by atoms with E-state index in [1.807, 2.05) is 0 Å². The lowest BCUT2D eigenvalue weighted by Crippen LogP contribution is -2.29. The van der Waals surface area contributed by atoms with Crippen molar-refractivity contribution in [3.63, 3.8) is 0 Å². The Balaban J connectivity index is 1.70. The van der Waals surface area contributed by atoms with Crippen LogP contribution in [-0.4, -0.2) is 34.4 Å². The molecule has 140 valence electrons. The smallest absolute Gasteiger partial charge is 0.406 e. The number of ether oxygens (including phenoxy) is 1. The van der Waals surface area contributed by atoms with Crippen molar-refractivity contribution >= 4 is 10.9 Å². The number of nitrogens with one attached hydrogen (secondary N) is 1. The summed E-state index contributed by atoms with van der Waals surface area (Å²) in [6.45, 7) is 1.49. The molecular weight excluding hydrogens is 361 g/mol. The summed E-state index contributed by atoms with van der Waals surface area (Å²) in [5.41, 5.74) is 1.61. The Morgan fingerprint density at radius 2 is 1.85 bits per heavy atom. The average Bonchev–Trinajstić information content (AvgIpc) is 3.16. The number of alkyl halides is 3. The maximum Gasteiger partial charge on any atom is 0.573 e. The molecule has 1 unspecified atom stereocenters. The van der Waals surface area contributed by atoms with Gasteiger partial charge in [0.2, 0.25) is 0 Å². The molecule has 3 aromatic rings. The van der Waals surface area contributed by atoms with Gasteiger partial charge in [-0.15, -0.1) is 18.3 Å². The average molecular weight is 376 g/mol. The second-order valence-electron chi connectivity index (χ2n) is 6.29. The number of hydrogen-bond acceptors (Lipinski definition) is 5. The van der Waals surface area contributed by atoms with Crippen LogP contribution >= 0.6 is 0 Å². The van der Waals surface area contributed by atoms with Crippen molar-refractivity contribution in [2.75, 3.05) is 13.1 Å². The number of halogens is 3. The molecule has 27 heavy (non-hydrogen) atoms. The minimum atomic E-state index is -4.73. The first-order chi connectivity index (χ1) is 12.9. The third-order valence-corrected chi connectivity index (χ3v) is 4.49. The fourth-order valence-electron chi connectivity index (χ4n) is 3.17. The highest BCUT2D eigenvalue weighted by atomic mass is 19.4. The molecule has 1 fully saturated rings. The Kier molecular flexibility index (Phi) is 4.31. The summed E-state index contributed by atoms with van der Waals surface area (Å²) in [5.74, 6) is -0.297. The van der Waals surface area contributed by atoms with Crippen molar-refractivity contribution in [3.05, 3.63) is 52.8 Å². The lowest BCUT2D eigenvalue weighted by atomic mass is 10.0. The van der Waals surface area contributed by atoms with Crippen molar-refractivity contribution in [1.29, 1.82) is 0 Å². The van der Waals surface area contributed by atoms with Crippen LogP contribution in [0, 0.1) is 0 Å². The number of benzene rings is 2. The molecule has 0 spiro atoms. The van der Waals surface area contributed by atoms with E-state index in [0.29, 0.717) is 28.6 Å². The zero-order valence-electron chi connectivity index (χ0n) is 14.0. The molecular formula is C18H15F3N4O2. The van der Waals surface area contributed by atoms with Crippen LogP contribution < -0.4 is 15.6 Å². The molecule has 2 heterocycles. The van der Waals surface area contributed by atoms with Crippen LogP contribution in [0.4, 0.5) is 13.2 Å². The third-order valence-electron chi connectivity index (χ3n) is 4.49. The number of aromatic nitrogens is 3. The molecule has 1 N–H and O–H groups in total. The van der Waals surface area contributed by atoms with Crippen LogP contribution in [0.25, 0.3) is 22.0 Å². The van der Waals surface area contributed by atoms with Gasteiger partial charge < -0.3 is 10.1 Å². The maximum atomic E-state index is 12.8. The molecule has 4 rings (SSSR count). The third kappa shape index (κ3) is 3.63. The van der Waals surface area contributed by atoms with E-state index in [1.165, 1.54) is 28.9 Å². The Morgan fingerprint density at radius 3 is 2.52 bits per heavy atom. The lowest BCUT2D eigenvalue weighted by molar-refractivity contribution is -0.274. The lowest BCUT2D eigenvalue weighted by Gasteiger charge is -2.11. The van der Waals surface area contributed by atoms with Crippen molar-refractivity contribution < 1.29 is 17.9 Å². The number of rotatable bonds is 3. The molecule has 0 radical (unpaired) electrons. The van der Waals surface area contributed by atoms with Gasteiger partial charge in [-0.3, -0.25) is 4.79 Å². The molecule has 0 saturated carbocycles. The molecule has 1 saturated heterocycles. The fraction of sp³-hybridized carbons (Fsp3) is 0.278. The summed E-state index contributed by atoms with van der Waals surface area (Å²) in [5, 5.41) is 11.8. The van der Waals surface area contributed by atoms with Gasteiger partial charge in [0.1, 0.15) is 11.3 Å². The molecule has 1 aliphatic rings. The predicted octanol–water partition coefficient (Wildman–Crippen LogP) is 2.89. The molecule has 9 heteroatoms. The van der Waals surface area contributed by atoms with E-state index < -0.39 is 6.36 Å². The van der Waals surface area contributed by atoms with Gasteiger partial charge in [-0.2, -0.15) is 0 Å². The Bertz CT molecular complexity index is 1030. The van der Waals surface area contributed by atoms with Crippen LogP contribution in [-0.2, 0) is 0 Å². The summed E-state index contributed by atoms with van der Waals surface area (Å²) >= 11 is 0.